The summed E-state index contributed by atoms with van der Waals surface area (Å²) in [4.78, 5) is 23.4. The third-order valence-corrected chi connectivity index (χ3v) is 4.03. The summed E-state index contributed by atoms with van der Waals surface area (Å²) in [7, 11) is 0. The number of carbonyl (C=O) groups excluding carboxylic acids is 2. The number of ether oxygens (including phenoxy) is 2. The van der Waals surface area contributed by atoms with Gasteiger partial charge in [-0.2, -0.15) is 5.26 Å². The maximum Gasteiger partial charge on any atom is 0.255 e. The summed E-state index contributed by atoms with van der Waals surface area (Å²) in [5.74, 6) is 0.0197. The highest BCUT2D eigenvalue weighted by molar-refractivity contribution is 6.04. The molecule has 0 aliphatic carbocycles. The van der Waals surface area contributed by atoms with Crippen LogP contribution in [0.2, 0.25) is 0 Å². The molecule has 7 heteroatoms. The highest BCUT2D eigenvalue weighted by Crippen LogP contribution is 2.20. The number of nitrogens with zero attached hydrogens (tertiary/aromatic N) is 1. The molecule has 0 unspecified atom stereocenters. The number of nitriles is 1. The Kier molecular flexibility index (Phi) is 6.64. The van der Waals surface area contributed by atoms with Gasteiger partial charge in [0.25, 0.3) is 11.8 Å². The zero-order valence-electron chi connectivity index (χ0n) is 16.0. The van der Waals surface area contributed by atoms with E-state index in [9.17, 15) is 9.59 Å². The van der Waals surface area contributed by atoms with Crippen molar-refractivity contribution < 1.29 is 19.1 Å². The second-order valence-electron chi connectivity index (χ2n) is 6.37. The van der Waals surface area contributed by atoms with Crippen LogP contribution in [0.3, 0.4) is 0 Å². The maximum absolute atomic E-state index is 12.5. The Morgan fingerprint density at radius 3 is 2.43 bits per heavy atom. The van der Waals surface area contributed by atoms with E-state index in [1.807, 2.05) is 6.07 Å². The Labute approximate surface area is 173 Å². The minimum atomic E-state index is -0.596. The normalized spacial score (nSPS) is 9.97. The van der Waals surface area contributed by atoms with E-state index < -0.39 is 5.91 Å². The smallest absolute Gasteiger partial charge is 0.255 e. The molecule has 0 saturated heterocycles. The van der Waals surface area contributed by atoms with Crippen LogP contribution >= 0.6 is 0 Å². The van der Waals surface area contributed by atoms with Crippen LogP contribution < -0.4 is 20.5 Å². The number of rotatable bonds is 8. The molecule has 30 heavy (non-hydrogen) atoms. The van der Waals surface area contributed by atoms with Gasteiger partial charge in [-0.3, -0.25) is 9.59 Å². The highest BCUT2D eigenvalue weighted by atomic mass is 16.5. The molecule has 0 radical (unpaired) electrons. The van der Waals surface area contributed by atoms with E-state index in [2.05, 4.69) is 11.4 Å². The second kappa shape index (κ2) is 9.75. The van der Waals surface area contributed by atoms with Gasteiger partial charge >= 0.3 is 0 Å². The zero-order valence-corrected chi connectivity index (χ0v) is 16.0. The van der Waals surface area contributed by atoms with Crippen LogP contribution in [0, 0.1) is 11.3 Å². The lowest BCUT2D eigenvalue weighted by Crippen LogP contribution is -2.20. The Balaban J connectivity index is 1.63. The van der Waals surface area contributed by atoms with Crippen molar-refractivity contribution >= 4 is 17.5 Å². The molecule has 0 aromatic heterocycles. The largest absolute Gasteiger partial charge is 0.489 e. The molecule has 0 bridgehead atoms. The van der Waals surface area contributed by atoms with E-state index >= 15 is 0 Å². The summed E-state index contributed by atoms with van der Waals surface area (Å²) in [5, 5.41) is 11.8. The van der Waals surface area contributed by atoms with Crippen LogP contribution in [0.25, 0.3) is 0 Å². The SMILES string of the molecule is N#Cc1cccc(COc2cccc(NC(=O)c3cccc(OCC(N)=O)c3)c2)c1. The molecular formula is C23H19N3O4. The summed E-state index contributed by atoms with van der Waals surface area (Å²) in [5.41, 5.74) is 7.44. The maximum atomic E-state index is 12.5. The highest BCUT2D eigenvalue weighted by Gasteiger charge is 2.09. The molecule has 0 aliphatic rings. The number of nitrogens with one attached hydrogen (secondary N) is 1. The third kappa shape index (κ3) is 5.84. The van der Waals surface area contributed by atoms with E-state index in [-0.39, 0.29) is 12.5 Å². The van der Waals surface area contributed by atoms with Crippen LogP contribution in [0.5, 0.6) is 11.5 Å². The van der Waals surface area contributed by atoms with Gasteiger partial charge in [0, 0.05) is 17.3 Å². The first kappa shape index (κ1) is 20.4. The average Bonchev–Trinajstić information content (AvgIpc) is 2.77. The molecule has 7 nitrogen and oxygen atoms in total. The summed E-state index contributed by atoms with van der Waals surface area (Å²) in [6.45, 7) is 0.0356. The van der Waals surface area contributed by atoms with E-state index in [0.717, 1.165) is 5.56 Å². The van der Waals surface area contributed by atoms with Gasteiger partial charge in [0.2, 0.25) is 0 Å². The van der Waals surface area contributed by atoms with E-state index in [1.165, 1.54) is 6.07 Å². The number of carbonyl (C=O) groups is 2. The second-order valence-corrected chi connectivity index (χ2v) is 6.37. The monoisotopic (exact) mass is 401 g/mol. The van der Waals surface area contributed by atoms with Gasteiger partial charge in [-0.05, 0) is 48.0 Å². The van der Waals surface area contributed by atoms with Gasteiger partial charge in [-0.25, -0.2) is 0 Å². The van der Waals surface area contributed by atoms with Crippen LogP contribution in [0.15, 0.2) is 72.8 Å². The van der Waals surface area contributed by atoms with Crippen molar-refractivity contribution in [1.29, 1.82) is 5.26 Å². The van der Waals surface area contributed by atoms with E-state index in [1.54, 1.807) is 60.7 Å². The molecule has 0 saturated carbocycles. The number of primary amides is 1. The molecule has 150 valence electrons. The van der Waals surface area contributed by atoms with Crippen LogP contribution in [-0.4, -0.2) is 18.4 Å². The molecule has 3 N–H and O–H groups in total. The molecule has 0 heterocycles. The summed E-state index contributed by atoms with van der Waals surface area (Å²) in [6, 6.07) is 22.7. The van der Waals surface area contributed by atoms with Crippen molar-refractivity contribution in [1.82, 2.24) is 0 Å². The molecule has 0 spiro atoms. The van der Waals surface area contributed by atoms with Gasteiger partial charge in [0.05, 0.1) is 11.6 Å². The van der Waals surface area contributed by atoms with Gasteiger partial charge in [-0.15, -0.1) is 0 Å². The zero-order chi connectivity index (χ0) is 21.3. The topological polar surface area (TPSA) is 114 Å². The van der Waals surface area contributed by atoms with Crippen molar-refractivity contribution in [2.75, 3.05) is 11.9 Å². The molecule has 3 rings (SSSR count). The number of amides is 2. The number of nitrogens with two attached hydrogens (primary N) is 1. The lowest BCUT2D eigenvalue weighted by Gasteiger charge is -2.10. The molecule has 3 aromatic carbocycles. The van der Waals surface area contributed by atoms with Crippen molar-refractivity contribution in [2.24, 2.45) is 5.73 Å². The predicted molar refractivity (Wildman–Crippen MR) is 111 cm³/mol. The summed E-state index contributed by atoms with van der Waals surface area (Å²) in [6.07, 6.45) is 0. The van der Waals surface area contributed by atoms with E-state index in [0.29, 0.717) is 34.9 Å². The quantitative estimate of drug-likeness (QED) is 0.601. The van der Waals surface area contributed by atoms with Gasteiger partial charge in [0.1, 0.15) is 18.1 Å². The summed E-state index contributed by atoms with van der Waals surface area (Å²) >= 11 is 0. The van der Waals surface area contributed by atoms with Crippen molar-refractivity contribution in [3.8, 4) is 17.6 Å². The van der Waals surface area contributed by atoms with Crippen molar-refractivity contribution in [3.63, 3.8) is 0 Å². The average molecular weight is 401 g/mol. The fourth-order valence-corrected chi connectivity index (χ4v) is 2.65. The number of anilines is 1. The number of hydrogen-bond acceptors (Lipinski definition) is 5. The fraction of sp³-hybridized carbons (Fsp3) is 0.0870. The lowest BCUT2D eigenvalue weighted by atomic mass is 10.1. The minimum Gasteiger partial charge on any atom is -0.489 e. The first-order valence-corrected chi connectivity index (χ1v) is 9.08. The molecule has 0 atom stereocenters. The van der Waals surface area contributed by atoms with Crippen LogP contribution in [0.4, 0.5) is 5.69 Å². The predicted octanol–water partition coefficient (Wildman–Crippen LogP) is 3.25. The first-order chi connectivity index (χ1) is 14.5. The molecule has 0 fully saturated rings. The summed E-state index contributed by atoms with van der Waals surface area (Å²) < 4.78 is 11.0. The number of benzene rings is 3. The van der Waals surface area contributed by atoms with Crippen LogP contribution in [0.1, 0.15) is 21.5 Å². The van der Waals surface area contributed by atoms with Gasteiger partial charge in [0.15, 0.2) is 6.61 Å². The Morgan fingerprint density at radius 2 is 1.67 bits per heavy atom. The standard InChI is InChI=1S/C23H19N3O4/c24-13-16-4-1-5-17(10-16)14-29-21-9-3-7-19(12-21)26-23(28)18-6-2-8-20(11-18)30-15-22(25)27/h1-12H,14-15H2,(H2,25,27)(H,26,28). The lowest BCUT2D eigenvalue weighted by molar-refractivity contribution is -0.119. The van der Waals surface area contributed by atoms with E-state index in [4.69, 9.17) is 20.5 Å². The van der Waals surface area contributed by atoms with Gasteiger partial charge in [-0.1, -0.05) is 24.3 Å². The molecular weight excluding hydrogens is 382 g/mol. The Bertz CT molecular complexity index is 1110. The van der Waals surface area contributed by atoms with Gasteiger partial charge < -0.3 is 20.5 Å². The van der Waals surface area contributed by atoms with Crippen molar-refractivity contribution in [2.45, 2.75) is 6.61 Å². The van der Waals surface area contributed by atoms with Crippen LogP contribution in [-0.2, 0) is 11.4 Å². The molecule has 0 aliphatic heterocycles. The first-order valence-electron chi connectivity index (χ1n) is 9.08. The molecule has 2 amide bonds. The molecule has 3 aromatic rings. The Morgan fingerprint density at radius 1 is 0.933 bits per heavy atom. The van der Waals surface area contributed by atoms with Crippen molar-refractivity contribution in [3.05, 3.63) is 89.5 Å². The fourth-order valence-electron chi connectivity index (χ4n) is 2.65. The number of hydrogen-bond donors (Lipinski definition) is 2. The Hall–Kier alpha value is -4.31. The third-order valence-electron chi connectivity index (χ3n) is 4.03. The minimum absolute atomic E-state index is 0.262.